The van der Waals surface area contributed by atoms with Crippen molar-refractivity contribution in [1.82, 2.24) is 15.2 Å². The number of aromatic nitrogens is 1. The number of thiazole rings is 1. The van der Waals surface area contributed by atoms with Crippen LogP contribution in [0.4, 0.5) is 10.5 Å². The van der Waals surface area contributed by atoms with Crippen LogP contribution in [0.3, 0.4) is 0 Å². The predicted molar refractivity (Wildman–Crippen MR) is 113 cm³/mol. The van der Waals surface area contributed by atoms with Crippen molar-refractivity contribution < 1.29 is 14.4 Å². The van der Waals surface area contributed by atoms with Gasteiger partial charge in [-0.05, 0) is 43.2 Å². The number of hydrogen-bond donors (Lipinski definition) is 1. The van der Waals surface area contributed by atoms with E-state index in [1.54, 1.807) is 28.0 Å². The van der Waals surface area contributed by atoms with E-state index in [2.05, 4.69) is 16.4 Å². The summed E-state index contributed by atoms with van der Waals surface area (Å²) in [5.74, 6) is 0.920. The highest BCUT2D eigenvalue weighted by Crippen LogP contribution is 2.35. The van der Waals surface area contributed by atoms with E-state index in [1.165, 1.54) is 0 Å². The first-order valence-electron chi connectivity index (χ1n) is 9.54. The van der Waals surface area contributed by atoms with Crippen LogP contribution in [0.15, 0.2) is 23.6 Å². The first-order chi connectivity index (χ1) is 14.0. The van der Waals surface area contributed by atoms with Crippen molar-refractivity contribution in [3.63, 3.8) is 0 Å². The summed E-state index contributed by atoms with van der Waals surface area (Å²) in [5.41, 5.74) is 3.11. The third-order valence-electron chi connectivity index (χ3n) is 5.75. The van der Waals surface area contributed by atoms with Crippen molar-refractivity contribution in [1.29, 1.82) is 0 Å². The summed E-state index contributed by atoms with van der Waals surface area (Å²) in [6.45, 7) is 2.31. The molecule has 1 atom stereocenters. The Bertz CT molecular complexity index is 1030. The van der Waals surface area contributed by atoms with Gasteiger partial charge in [0, 0.05) is 28.9 Å². The molecule has 1 N–H and O–H groups in total. The summed E-state index contributed by atoms with van der Waals surface area (Å²) in [5, 5.41) is 5.86. The molecule has 0 aliphatic carbocycles. The SMILES string of the molecule is Cc1nc(-c2ccc3c(c2)CCN3C(=O)CN2C(=O)NC3(CCSC3)C2=O)cs1. The van der Waals surface area contributed by atoms with Crippen molar-refractivity contribution in [2.24, 2.45) is 0 Å². The number of fused-ring (bicyclic) bond motifs is 1. The molecule has 3 aliphatic rings. The highest BCUT2D eigenvalue weighted by atomic mass is 32.2. The molecule has 5 rings (SSSR count). The zero-order valence-electron chi connectivity index (χ0n) is 15.9. The van der Waals surface area contributed by atoms with Gasteiger partial charge in [0.2, 0.25) is 5.91 Å². The summed E-state index contributed by atoms with van der Waals surface area (Å²) in [7, 11) is 0. The van der Waals surface area contributed by atoms with E-state index < -0.39 is 11.6 Å². The zero-order chi connectivity index (χ0) is 20.2. The lowest BCUT2D eigenvalue weighted by Crippen LogP contribution is -2.48. The first-order valence-corrected chi connectivity index (χ1v) is 11.6. The third kappa shape index (κ3) is 3.03. The van der Waals surface area contributed by atoms with Crippen molar-refractivity contribution in [3.8, 4) is 11.3 Å². The predicted octanol–water partition coefficient (Wildman–Crippen LogP) is 2.44. The van der Waals surface area contributed by atoms with Gasteiger partial charge in [-0.3, -0.25) is 14.5 Å². The number of aryl methyl sites for hydroxylation is 1. The number of urea groups is 1. The molecule has 2 fully saturated rings. The second-order valence-electron chi connectivity index (χ2n) is 7.60. The Balaban J connectivity index is 1.34. The second-order valence-corrected chi connectivity index (χ2v) is 9.76. The minimum absolute atomic E-state index is 0.219. The first kappa shape index (κ1) is 18.6. The normalized spacial score (nSPS) is 23.2. The average Bonchev–Trinajstić information content (AvgIpc) is 3.47. The third-order valence-corrected chi connectivity index (χ3v) is 7.72. The van der Waals surface area contributed by atoms with Gasteiger partial charge in [0.05, 0.1) is 10.7 Å². The van der Waals surface area contributed by atoms with Crippen LogP contribution in [-0.4, -0.2) is 57.9 Å². The number of imide groups is 1. The van der Waals surface area contributed by atoms with Gasteiger partial charge in [-0.15, -0.1) is 11.3 Å². The minimum atomic E-state index is -0.814. The van der Waals surface area contributed by atoms with Gasteiger partial charge in [0.1, 0.15) is 12.1 Å². The quantitative estimate of drug-likeness (QED) is 0.760. The smallest absolute Gasteiger partial charge is 0.322 e. The molecule has 29 heavy (non-hydrogen) atoms. The Morgan fingerprint density at radius 3 is 2.93 bits per heavy atom. The number of nitrogens with one attached hydrogen (secondary N) is 1. The summed E-state index contributed by atoms with van der Waals surface area (Å²) < 4.78 is 0. The molecule has 1 unspecified atom stereocenters. The van der Waals surface area contributed by atoms with E-state index in [9.17, 15) is 14.4 Å². The Hall–Kier alpha value is -2.39. The van der Waals surface area contributed by atoms with Crippen molar-refractivity contribution >= 4 is 46.6 Å². The van der Waals surface area contributed by atoms with Gasteiger partial charge in [-0.2, -0.15) is 11.8 Å². The van der Waals surface area contributed by atoms with Gasteiger partial charge in [0.25, 0.3) is 5.91 Å². The van der Waals surface area contributed by atoms with Gasteiger partial charge < -0.3 is 10.2 Å². The maximum absolute atomic E-state index is 13.0. The van der Waals surface area contributed by atoms with Crippen molar-refractivity contribution in [3.05, 3.63) is 34.2 Å². The lowest BCUT2D eigenvalue weighted by Gasteiger charge is -2.22. The van der Waals surface area contributed by atoms with Gasteiger partial charge in [0.15, 0.2) is 0 Å². The van der Waals surface area contributed by atoms with Crippen LogP contribution in [0.2, 0.25) is 0 Å². The number of nitrogens with zero attached hydrogens (tertiary/aromatic N) is 3. The average molecular weight is 429 g/mol. The molecule has 0 radical (unpaired) electrons. The summed E-state index contributed by atoms with van der Waals surface area (Å²) in [4.78, 5) is 45.4. The number of amides is 4. The standard InChI is InChI=1S/C20H20N4O3S2/c1-12-21-15(10-29-12)13-2-3-16-14(8-13)4-6-23(16)17(25)9-24-18(26)20(22-19(24)27)5-7-28-11-20/h2-3,8,10H,4-7,9,11H2,1H3,(H,22,27). The number of anilines is 1. The highest BCUT2D eigenvalue weighted by Gasteiger charge is 2.53. The molecule has 0 saturated carbocycles. The van der Waals surface area contributed by atoms with Crippen LogP contribution < -0.4 is 10.2 Å². The molecule has 4 heterocycles. The van der Waals surface area contributed by atoms with Crippen LogP contribution in [0.1, 0.15) is 17.0 Å². The van der Waals surface area contributed by atoms with Crippen LogP contribution in [0.5, 0.6) is 0 Å². The summed E-state index contributed by atoms with van der Waals surface area (Å²) in [6.07, 6.45) is 1.37. The number of rotatable bonds is 3. The molecule has 0 bridgehead atoms. The Morgan fingerprint density at radius 2 is 2.21 bits per heavy atom. The molecular weight excluding hydrogens is 408 g/mol. The van der Waals surface area contributed by atoms with E-state index >= 15 is 0 Å². The Labute approximate surface area is 176 Å². The van der Waals surface area contributed by atoms with E-state index in [4.69, 9.17) is 0 Å². The molecule has 1 aromatic carbocycles. The lowest BCUT2D eigenvalue weighted by atomic mass is 9.99. The summed E-state index contributed by atoms with van der Waals surface area (Å²) >= 11 is 3.26. The van der Waals surface area contributed by atoms with Crippen molar-refractivity contribution in [2.75, 3.05) is 29.5 Å². The lowest BCUT2D eigenvalue weighted by molar-refractivity contribution is -0.133. The second kappa shape index (κ2) is 6.84. The maximum atomic E-state index is 13.0. The van der Waals surface area contributed by atoms with Crippen LogP contribution in [0.25, 0.3) is 11.3 Å². The fraction of sp³-hybridized carbons (Fsp3) is 0.400. The fourth-order valence-electron chi connectivity index (χ4n) is 4.19. The molecule has 3 aliphatic heterocycles. The molecule has 9 heteroatoms. The molecular formula is C20H20N4O3S2. The fourth-order valence-corrected chi connectivity index (χ4v) is 6.14. The number of carbonyl (C=O) groups excluding carboxylic acids is 3. The monoisotopic (exact) mass is 428 g/mol. The Kier molecular flexibility index (Phi) is 4.40. The maximum Gasteiger partial charge on any atom is 0.325 e. The van der Waals surface area contributed by atoms with Gasteiger partial charge >= 0.3 is 6.03 Å². The van der Waals surface area contributed by atoms with E-state index in [1.807, 2.05) is 24.4 Å². The van der Waals surface area contributed by atoms with Crippen LogP contribution in [0, 0.1) is 6.92 Å². The molecule has 4 amide bonds. The number of thioether (sulfide) groups is 1. The van der Waals surface area contributed by atoms with E-state index in [-0.39, 0.29) is 18.4 Å². The van der Waals surface area contributed by atoms with Gasteiger partial charge in [-0.25, -0.2) is 9.78 Å². The highest BCUT2D eigenvalue weighted by molar-refractivity contribution is 7.99. The number of hydrogen-bond acceptors (Lipinski definition) is 6. The molecule has 150 valence electrons. The molecule has 1 spiro atoms. The van der Waals surface area contributed by atoms with E-state index in [0.717, 1.165) is 44.6 Å². The molecule has 1 aromatic heterocycles. The van der Waals surface area contributed by atoms with Crippen LogP contribution in [-0.2, 0) is 16.0 Å². The minimum Gasteiger partial charge on any atom is -0.322 e. The van der Waals surface area contributed by atoms with E-state index in [0.29, 0.717) is 18.7 Å². The number of carbonyl (C=O) groups is 3. The largest absolute Gasteiger partial charge is 0.325 e. The number of benzene rings is 1. The Morgan fingerprint density at radius 1 is 1.34 bits per heavy atom. The molecule has 7 nitrogen and oxygen atoms in total. The van der Waals surface area contributed by atoms with Gasteiger partial charge in [-0.1, -0.05) is 6.07 Å². The molecule has 2 saturated heterocycles. The van der Waals surface area contributed by atoms with Crippen molar-refractivity contribution in [2.45, 2.75) is 25.3 Å². The molecule has 2 aromatic rings. The topological polar surface area (TPSA) is 82.6 Å². The zero-order valence-corrected chi connectivity index (χ0v) is 17.6. The summed E-state index contributed by atoms with van der Waals surface area (Å²) in [6, 6.07) is 5.53. The van der Waals surface area contributed by atoms with Crippen LogP contribution >= 0.6 is 23.1 Å².